The van der Waals surface area contributed by atoms with Gasteiger partial charge in [0.05, 0.1) is 23.3 Å². The number of ether oxygens (including phenoxy) is 1. The molecule has 0 aliphatic rings. The van der Waals surface area contributed by atoms with Crippen LogP contribution in [0.2, 0.25) is 0 Å². The minimum Gasteiger partial charge on any atom is -0.490 e. The fourth-order valence-electron chi connectivity index (χ4n) is 3.04. The lowest BCUT2D eigenvalue weighted by Gasteiger charge is -2.20. The quantitative estimate of drug-likeness (QED) is 0.436. The Morgan fingerprint density at radius 3 is 2.79 bits per heavy atom. The number of nitrogens with one attached hydrogen (secondary N) is 3. The summed E-state index contributed by atoms with van der Waals surface area (Å²) in [5.74, 6) is 1.20. The third-order valence-corrected chi connectivity index (χ3v) is 4.39. The summed E-state index contributed by atoms with van der Waals surface area (Å²) < 4.78 is 6.24. The molecule has 1 unspecified atom stereocenters. The fourth-order valence-corrected chi connectivity index (χ4v) is 3.04. The average molecular weight is 376 g/mol. The molecule has 0 bridgehead atoms. The SMILES string of the molecule is O=c1[nH][nH]c2cc(OC(CCNc3nccnn3)Cc3ccccc3)ccc12. The molecule has 3 N–H and O–H groups in total. The zero-order chi connectivity index (χ0) is 19.2. The predicted octanol–water partition coefficient (Wildman–Crippen LogP) is 2.53. The molecule has 0 amide bonds. The van der Waals surface area contributed by atoms with Crippen molar-refractivity contribution in [2.75, 3.05) is 11.9 Å². The van der Waals surface area contributed by atoms with Gasteiger partial charge in [-0.15, -0.1) is 5.10 Å². The first kappa shape index (κ1) is 17.7. The van der Waals surface area contributed by atoms with E-state index in [9.17, 15) is 4.79 Å². The van der Waals surface area contributed by atoms with Crippen LogP contribution in [0.4, 0.5) is 5.95 Å². The summed E-state index contributed by atoms with van der Waals surface area (Å²) in [6.07, 6.45) is 4.58. The first-order valence-electron chi connectivity index (χ1n) is 9.06. The molecule has 0 aliphatic carbocycles. The van der Waals surface area contributed by atoms with E-state index in [1.165, 1.54) is 11.8 Å². The summed E-state index contributed by atoms with van der Waals surface area (Å²) >= 11 is 0. The first-order chi connectivity index (χ1) is 13.8. The molecule has 8 nitrogen and oxygen atoms in total. The lowest BCUT2D eigenvalue weighted by molar-refractivity contribution is 0.195. The molecular formula is C20H20N6O2. The van der Waals surface area contributed by atoms with Crippen molar-refractivity contribution in [1.29, 1.82) is 0 Å². The van der Waals surface area contributed by atoms with Crippen LogP contribution in [0.15, 0.2) is 65.7 Å². The smallest absolute Gasteiger partial charge is 0.271 e. The number of aromatic nitrogens is 5. The predicted molar refractivity (Wildman–Crippen MR) is 106 cm³/mol. The van der Waals surface area contributed by atoms with Crippen LogP contribution in [-0.4, -0.2) is 38.0 Å². The highest BCUT2D eigenvalue weighted by molar-refractivity contribution is 5.79. The highest BCUT2D eigenvalue weighted by Gasteiger charge is 2.13. The molecule has 2 aromatic heterocycles. The number of hydrogen-bond acceptors (Lipinski definition) is 6. The molecule has 0 spiro atoms. The summed E-state index contributed by atoms with van der Waals surface area (Å²) in [6, 6.07) is 15.6. The molecule has 142 valence electrons. The Labute approximate surface area is 161 Å². The zero-order valence-corrected chi connectivity index (χ0v) is 15.1. The normalized spacial score (nSPS) is 12.0. The Morgan fingerprint density at radius 1 is 1.07 bits per heavy atom. The van der Waals surface area contributed by atoms with Crippen LogP contribution in [-0.2, 0) is 6.42 Å². The van der Waals surface area contributed by atoms with Gasteiger partial charge in [-0.25, -0.2) is 4.98 Å². The highest BCUT2D eigenvalue weighted by atomic mass is 16.5. The second-order valence-electron chi connectivity index (χ2n) is 6.40. The lowest BCUT2D eigenvalue weighted by atomic mass is 10.1. The summed E-state index contributed by atoms with van der Waals surface area (Å²) in [5, 5.41) is 17.0. The van der Waals surface area contributed by atoms with Gasteiger partial charge in [0.25, 0.3) is 5.56 Å². The van der Waals surface area contributed by atoms with Gasteiger partial charge < -0.3 is 10.1 Å². The summed E-state index contributed by atoms with van der Waals surface area (Å²) in [6.45, 7) is 0.645. The third-order valence-electron chi connectivity index (χ3n) is 4.39. The van der Waals surface area contributed by atoms with Crippen molar-refractivity contribution >= 4 is 16.9 Å². The van der Waals surface area contributed by atoms with E-state index >= 15 is 0 Å². The van der Waals surface area contributed by atoms with Crippen molar-refractivity contribution in [3.05, 3.63) is 76.8 Å². The first-order valence-corrected chi connectivity index (χ1v) is 9.06. The topological polar surface area (TPSA) is 109 Å². The third kappa shape index (κ3) is 4.35. The van der Waals surface area contributed by atoms with Crippen molar-refractivity contribution in [3.8, 4) is 5.75 Å². The van der Waals surface area contributed by atoms with Gasteiger partial charge in [0.15, 0.2) is 0 Å². The van der Waals surface area contributed by atoms with E-state index in [1.807, 2.05) is 30.3 Å². The Bertz CT molecular complexity index is 1080. The maximum atomic E-state index is 11.7. The van der Waals surface area contributed by atoms with Crippen LogP contribution >= 0.6 is 0 Å². The fraction of sp³-hybridized carbons (Fsp3) is 0.200. The molecule has 2 heterocycles. The second kappa shape index (κ2) is 8.34. The number of rotatable bonds is 8. The van der Waals surface area contributed by atoms with E-state index in [0.29, 0.717) is 23.6 Å². The Hall–Kier alpha value is -3.68. The van der Waals surface area contributed by atoms with Crippen LogP contribution < -0.4 is 15.6 Å². The van der Waals surface area contributed by atoms with E-state index in [-0.39, 0.29) is 11.7 Å². The van der Waals surface area contributed by atoms with Gasteiger partial charge in [-0.1, -0.05) is 30.3 Å². The Kier molecular flexibility index (Phi) is 5.28. The Morgan fingerprint density at radius 2 is 1.96 bits per heavy atom. The molecule has 0 radical (unpaired) electrons. The molecule has 4 rings (SSSR count). The molecule has 0 saturated carbocycles. The molecule has 1 atom stereocenters. The molecule has 0 aliphatic heterocycles. The van der Waals surface area contributed by atoms with Crippen molar-refractivity contribution in [1.82, 2.24) is 25.4 Å². The summed E-state index contributed by atoms with van der Waals surface area (Å²) in [5.41, 5.74) is 1.78. The number of benzene rings is 2. The van der Waals surface area contributed by atoms with Crippen LogP contribution in [0.1, 0.15) is 12.0 Å². The summed E-state index contributed by atoms with van der Waals surface area (Å²) in [4.78, 5) is 15.8. The van der Waals surface area contributed by atoms with Gasteiger partial charge in [0.1, 0.15) is 11.9 Å². The number of aromatic amines is 2. The monoisotopic (exact) mass is 376 g/mol. The standard InChI is InChI=1S/C20H20N6O2/c27-19-17-7-6-15(13-18(17)24-25-19)28-16(12-14-4-2-1-3-5-14)8-9-21-20-22-10-11-23-26-20/h1-7,10-11,13,16H,8-9,12H2,(H,21,22,26)(H2,24,25,27). The molecular weight excluding hydrogens is 356 g/mol. The van der Waals surface area contributed by atoms with Crippen molar-refractivity contribution in [2.45, 2.75) is 18.9 Å². The van der Waals surface area contributed by atoms with E-state index in [4.69, 9.17) is 4.74 Å². The molecule has 0 saturated heterocycles. The highest BCUT2D eigenvalue weighted by Crippen LogP contribution is 2.20. The zero-order valence-electron chi connectivity index (χ0n) is 15.1. The average Bonchev–Trinajstić information content (AvgIpc) is 3.10. The minimum atomic E-state index is -0.136. The maximum absolute atomic E-state index is 11.7. The van der Waals surface area contributed by atoms with Gasteiger partial charge >= 0.3 is 0 Å². The van der Waals surface area contributed by atoms with E-state index in [2.05, 4.69) is 42.8 Å². The Balaban J connectivity index is 1.46. The molecule has 4 aromatic rings. The molecule has 28 heavy (non-hydrogen) atoms. The van der Waals surface area contributed by atoms with Crippen molar-refractivity contribution in [3.63, 3.8) is 0 Å². The van der Waals surface area contributed by atoms with Crippen molar-refractivity contribution < 1.29 is 4.74 Å². The van der Waals surface area contributed by atoms with Crippen molar-refractivity contribution in [2.24, 2.45) is 0 Å². The number of nitrogens with zero attached hydrogens (tertiary/aromatic N) is 3. The number of hydrogen-bond donors (Lipinski definition) is 3. The van der Waals surface area contributed by atoms with Crippen LogP contribution in [0, 0.1) is 0 Å². The van der Waals surface area contributed by atoms with Crippen LogP contribution in [0.5, 0.6) is 5.75 Å². The largest absolute Gasteiger partial charge is 0.490 e. The van der Waals surface area contributed by atoms with Gasteiger partial charge in [-0.2, -0.15) is 5.10 Å². The second-order valence-corrected chi connectivity index (χ2v) is 6.40. The van der Waals surface area contributed by atoms with Crippen LogP contribution in [0.3, 0.4) is 0 Å². The van der Waals surface area contributed by atoms with E-state index in [0.717, 1.165) is 18.4 Å². The minimum absolute atomic E-state index is 0.0605. The molecule has 2 aromatic carbocycles. The molecule has 0 fully saturated rings. The van der Waals surface area contributed by atoms with E-state index in [1.54, 1.807) is 12.3 Å². The molecule has 8 heteroatoms. The van der Waals surface area contributed by atoms with Gasteiger partial charge in [0, 0.05) is 25.5 Å². The number of anilines is 1. The van der Waals surface area contributed by atoms with Crippen LogP contribution in [0.25, 0.3) is 10.9 Å². The number of H-pyrrole nitrogens is 2. The van der Waals surface area contributed by atoms with E-state index < -0.39 is 0 Å². The summed E-state index contributed by atoms with van der Waals surface area (Å²) in [7, 11) is 0. The lowest BCUT2D eigenvalue weighted by Crippen LogP contribution is -2.23. The maximum Gasteiger partial charge on any atom is 0.271 e. The number of fused-ring (bicyclic) bond motifs is 1. The van der Waals surface area contributed by atoms with Gasteiger partial charge in [0.2, 0.25) is 5.95 Å². The van der Waals surface area contributed by atoms with Gasteiger partial charge in [-0.3, -0.25) is 15.0 Å². The van der Waals surface area contributed by atoms with Gasteiger partial charge in [-0.05, 0) is 17.7 Å².